The second kappa shape index (κ2) is 10.3. The summed E-state index contributed by atoms with van der Waals surface area (Å²) < 4.78 is 38.0. The molecule has 2 aromatic rings. The van der Waals surface area contributed by atoms with Gasteiger partial charge in [0.2, 0.25) is 0 Å². The molecule has 0 spiro atoms. The molecule has 0 bridgehead atoms. The molecule has 3 rings (SSSR count). The molecule has 1 aliphatic rings. The van der Waals surface area contributed by atoms with Gasteiger partial charge < -0.3 is 15.5 Å². The zero-order chi connectivity index (χ0) is 24.2. The molecule has 1 aromatic carbocycles. The third-order valence-electron chi connectivity index (χ3n) is 4.13. The number of hydrazine groups is 1. The minimum Gasteiger partial charge on any atom is -0.390 e. The van der Waals surface area contributed by atoms with Crippen molar-refractivity contribution in [3.05, 3.63) is 51.1 Å². The number of hydrogen-bond acceptors (Lipinski definition) is 6. The predicted molar refractivity (Wildman–Crippen MR) is 116 cm³/mol. The number of oxime groups is 1. The van der Waals surface area contributed by atoms with Crippen LogP contribution in [0.5, 0.6) is 0 Å². The van der Waals surface area contributed by atoms with Crippen molar-refractivity contribution < 1.29 is 27.6 Å². The Morgan fingerprint density at radius 1 is 1.09 bits per heavy atom. The number of urea groups is 1. The summed E-state index contributed by atoms with van der Waals surface area (Å²) in [5.41, 5.74) is 3.66. The Morgan fingerprint density at radius 3 is 2.52 bits per heavy atom. The van der Waals surface area contributed by atoms with Crippen molar-refractivity contribution in [1.29, 1.82) is 0 Å². The van der Waals surface area contributed by atoms with E-state index in [9.17, 15) is 22.8 Å². The van der Waals surface area contributed by atoms with Gasteiger partial charge in [-0.1, -0.05) is 40.0 Å². The highest BCUT2D eigenvalue weighted by molar-refractivity contribution is 6.42. The van der Waals surface area contributed by atoms with E-state index in [0.717, 1.165) is 6.07 Å². The van der Waals surface area contributed by atoms with Crippen LogP contribution in [0.25, 0.3) is 0 Å². The van der Waals surface area contributed by atoms with Crippen LogP contribution in [-0.4, -0.2) is 35.3 Å². The number of alkyl halides is 3. The molecule has 0 aliphatic carbocycles. The number of amides is 3. The fraction of sp³-hybridized carbons (Fsp3) is 0.222. The smallest absolute Gasteiger partial charge is 0.390 e. The zero-order valence-corrected chi connectivity index (χ0v) is 18.5. The van der Waals surface area contributed by atoms with Crippen LogP contribution >= 0.6 is 34.8 Å². The van der Waals surface area contributed by atoms with Crippen molar-refractivity contribution in [2.75, 3.05) is 17.2 Å². The first kappa shape index (κ1) is 24.7. The van der Waals surface area contributed by atoms with Crippen LogP contribution in [0.4, 0.5) is 29.5 Å². The van der Waals surface area contributed by atoms with Crippen molar-refractivity contribution in [3.8, 4) is 0 Å². The maximum atomic E-state index is 12.7. The normalized spacial score (nSPS) is 15.3. The van der Waals surface area contributed by atoms with Crippen LogP contribution in [0.2, 0.25) is 15.1 Å². The average Bonchev–Trinajstić information content (AvgIpc) is 3.22. The van der Waals surface area contributed by atoms with Crippen LogP contribution in [0, 0.1) is 0 Å². The summed E-state index contributed by atoms with van der Waals surface area (Å²) in [5.74, 6) is -0.695. The summed E-state index contributed by atoms with van der Waals surface area (Å²) in [6, 6.07) is 4.43. The molecular formula is C18H14Cl3F3N6O3. The molecule has 9 nitrogen and oxygen atoms in total. The van der Waals surface area contributed by atoms with Crippen LogP contribution in [-0.2, 0) is 15.8 Å². The van der Waals surface area contributed by atoms with Crippen LogP contribution in [0.15, 0.2) is 35.6 Å². The number of pyridine rings is 1. The number of anilines is 2. The highest BCUT2D eigenvalue weighted by atomic mass is 35.5. The van der Waals surface area contributed by atoms with Crippen molar-refractivity contribution in [1.82, 2.24) is 15.8 Å². The van der Waals surface area contributed by atoms with Crippen molar-refractivity contribution in [2.45, 2.75) is 18.7 Å². The number of nitrogens with zero attached hydrogens (tertiary/aromatic N) is 2. The molecule has 2 heterocycles. The van der Waals surface area contributed by atoms with Crippen LogP contribution < -0.4 is 21.5 Å². The Balaban J connectivity index is 1.43. The van der Waals surface area contributed by atoms with E-state index in [-0.39, 0.29) is 34.5 Å². The Kier molecular flexibility index (Phi) is 7.72. The molecule has 3 amide bonds. The number of carbonyl (C=O) groups excluding carboxylic acids is 2. The molecule has 15 heteroatoms. The van der Waals surface area contributed by atoms with Gasteiger partial charge in [-0.05, 0) is 24.3 Å². The third-order valence-corrected chi connectivity index (χ3v) is 5.15. The van der Waals surface area contributed by atoms with Gasteiger partial charge in [0.25, 0.3) is 5.91 Å². The lowest BCUT2D eigenvalue weighted by Crippen LogP contribution is -2.46. The first-order valence-electron chi connectivity index (χ1n) is 9.04. The second-order valence-corrected chi connectivity index (χ2v) is 7.79. The molecule has 1 aromatic heterocycles. The molecule has 0 saturated heterocycles. The monoisotopic (exact) mass is 524 g/mol. The fourth-order valence-corrected chi connectivity index (χ4v) is 3.06. The Morgan fingerprint density at radius 2 is 1.85 bits per heavy atom. The van der Waals surface area contributed by atoms with E-state index < -0.39 is 29.8 Å². The number of aromatic nitrogens is 1. The molecule has 0 radical (unpaired) electrons. The van der Waals surface area contributed by atoms with Gasteiger partial charge in [0.05, 0.1) is 27.2 Å². The van der Waals surface area contributed by atoms with Crippen molar-refractivity contribution in [2.24, 2.45) is 5.16 Å². The minimum absolute atomic E-state index is 0.0110. The molecule has 1 atom stereocenters. The van der Waals surface area contributed by atoms with Gasteiger partial charge >= 0.3 is 12.2 Å². The van der Waals surface area contributed by atoms with Gasteiger partial charge in [-0.3, -0.25) is 10.2 Å². The first-order valence-corrected chi connectivity index (χ1v) is 10.2. The van der Waals surface area contributed by atoms with Gasteiger partial charge in [-0.25, -0.2) is 15.2 Å². The van der Waals surface area contributed by atoms with E-state index in [4.69, 9.17) is 39.6 Å². The third kappa shape index (κ3) is 6.76. The quantitative estimate of drug-likeness (QED) is 0.430. The SMILES string of the molecule is O=C(NNC(=O)C1=NO[C@H](CNc2ncc(C(F)(F)F)cc2Cl)C1)Nc1ccc(Cl)c(Cl)c1. The Hall–Kier alpha value is -2.96. The molecule has 0 unspecified atom stereocenters. The molecule has 0 saturated carbocycles. The fourth-order valence-electron chi connectivity index (χ4n) is 2.53. The van der Waals surface area contributed by atoms with Gasteiger partial charge in [-0.15, -0.1) is 0 Å². The molecule has 4 N–H and O–H groups in total. The number of hydrogen-bond donors (Lipinski definition) is 4. The zero-order valence-electron chi connectivity index (χ0n) is 16.3. The van der Waals surface area contributed by atoms with E-state index in [1.807, 2.05) is 0 Å². The topological polar surface area (TPSA) is 117 Å². The molecular weight excluding hydrogens is 512 g/mol. The first-order chi connectivity index (χ1) is 15.5. The van der Waals surface area contributed by atoms with Crippen LogP contribution in [0.1, 0.15) is 12.0 Å². The average molecular weight is 526 g/mol. The summed E-state index contributed by atoms with van der Waals surface area (Å²) >= 11 is 17.5. The summed E-state index contributed by atoms with van der Waals surface area (Å²) in [5, 5.41) is 9.15. The summed E-state index contributed by atoms with van der Waals surface area (Å²) in [7, 11) is 0. The predicted octanol–water partition coefficient (Wildman–Crippen LogP) is 4.47. The number of nitrogens with one attached hydrogen (secondary N) is 4. The molecule has 33 heavy (non-hydrogen) atoms. The van der Waals surface area contributed by atoms with Gasteiger partial charge in [0.15, 0.2) is 6.10 Å². The number of carbonyl (C=O) groups is 2. The van der Waals surface area contributed by atoms with E-state index in [2.05, 4.69) is 31.6 Å². The lowest BCUT2D eigenvalue weighted by molar-refractivity contribution is -0.137. The second-order valence-electron chi connectivity index (χ2n) is 6.56. The van der Waals surface area contributed by atoms with E-state index in [1.165, 1.54) is 18.2 Å². The molecule has 0 fully saturated rings. The maximum absolute atomic E-state index is 12.7. The van der Waals surface area contributed by atoms with E-state index >= 15 is 0 Å². The largest absolute Gasteiger partial charge is 0.417 e. The lowest BCUT2D eigenvalue weighted by Gasteiger charge is -2.13. The Labute approximate surface area is 199 Å². The summed E-state index contributed by atoms with van der Waals surface area (Å²) in [4.78, 5) is 32.8. The number of halogens is 6. The number of benzene rings is 1. The van der Waals surface area contributed by atoms with Gasteiger partial charge in [0, 0.05) is 18.3 Å². The van der Waals surface area contributed by atoms with E-state index in [0.29, 0.717) is 16.9 Å². The molecule has 176 valence electrons. The lowest BCUT2D eigenvalue weighted by atomic mass is 10.1. The highest BCUT2D eigenvalue weighted by Crippen LogP contribution is 2.32. The highest BCUT2D eigenvalue weighted by Gasteiger charge is 2.32. The van der Waals surface area contributed by atoms with Gasteiger partial charge in [0.1, 0.15) is 11.5 Å². The standard InChI is InChI=1S/C18H14Cl3F3N6O3/c19-11-2-1-9(4-12(11)20)27-17(32)29-28-16(31)14-5-10(33-30-14)7-26-15-13(21)3-8(6-25-15)18(22,23)24/h1-4,6,10H,5,7H2,(H,25,26)(H,28,31)(H2,27,29,32)/t10-/m0/s1. The summed E-state index contributed by atoms with van der Waals surface area (Å²) in [6.45, 7) is 0.0591. The number of rotatable bonds is 5. The Bertz CT molecular complexity index is 1100. The van der Waals surface area contributed by atoms with Crippen molar-refractivity contribution >= 4 is 64.0 Å². The molecule has 1 aliphatic heterocycles. The van der Waals surface area contributed by atoms with Crippen LogP contribution in [0.3, 0.4) is 0 Å². The van der Waals surface area contributed by atoms with E-state index in [1.54, 1.807) is 0 Å². The summed E-state index contributed by atoms with van der Waals surface area (Å²) in [6.07, 6.45) is -4.47. The van der Waals surface area contributed by atoms with Gasteiger partial charge in [-0.2, -0.15) is 13.2 Å². The minimum atomic E-state index is -4.56. The maximum Gasteiger partial charge on any atom is 0.417 e. The van der Waals surface area contributed by atoms with Crippen molar-refractivity contribution in [3.63, 3.8) is 0 Å².